The van der Waals surface area contributed by atoms with Crippen LogP contribution in [-0.2, 0) is 9.68 Å². The highest BCUT2D eigenvalue weighted by Gasteiger charge is 2.12. The van der Waals surface area contributed by atoms with Crippen LogP contribution in [0.2, 0.25) is 0 Å². The van der Waals surface area contributed by atoms with Crippen LogP contribution in [0.5, 0.6) is 0 Å². The number of unbranched alkanes of at least 4 members (excludes halogenated alkanes) is 18. The van der Waals surface area contributed by atoms with Crippen molar-refractivity contribution in [3.05, 3.63) is 48.6 Å². The summed E-state index contributed by atoms with van der Waals surface area (Å²) in [6.07, 6.45) is 54.6. The van der Waals surface area contributed by atoms with Gasteiger partial charge < -0.3 is 4.90 Å². The predicted octanol–water partition coefficient (Wildman–Crippen LogP) is 13.7. The van der Waals surface area contributed by atoms with Crippen LogP contribution in [0.4, 0.5) is 0 Å². The van der Waals surface area contributed by atoms with E-state index in [0.29, 0.717) is 0 Å². The van der Waals surface area contributed by atoms with E-state index >= 15 is 0 Å². The lowest BCUT2D eigenvalue weighted by atomic mass is 10.1. The Balaban J connectivity index is 2.06. The molecule has 0 aromatic carbocycles. The van der Waals surface area contributed by atoms with Gasteiger partial charge in [0, 0.05) is 0 Å². The van der Waals surface area contributed by atoms with E-state index in [2.05, 4.69) is 67.4 Å². The molecule has 1 aliphatic rings. The molecule has 0 radical (unpaired) electrons. The molecule has 1 aliphatic heterocycles. The Morgan fingerprint density at radius 2 is 0.833 bits per heavy atom. The Labute approximate surface area is 300 Å². The number of rotatable bonds is 36. The van der Waals surface area contributed by atoms with E-state index in [0.717, 1.165) is 51.9 Å². The maximum atomic E-state index is 6.15. The fourth-order valence-electron chi connectivity index (χ4n) is 6.29. The van der Waals surface area contributed by atoms with Gasteiger partial charge in [0.15, 0.2) is 0 Å². The second-order valence-electron chi connectivity index (χ2n) is 14.1. The van der Waals surface area contributed by atoms with Crippen molar-refractivity contribution in [1.29, 1.82) is 0 Å². The molecule has 1 saturated heterocycles. The van der Waals surface area contributed by atoms with Gasteiger partial charge in [-0.1, -0.05) is 151 Å². The highest BCUT2D eigenvalue weighted by Crippen LogP contribution is 2.12. The Morgan fingerprint density at radius 1 is 0.438 bits per heavy atom. The van der Waals surface area contributed by atoms with Gasteiger partial charge in [-0.2, -0.15) is 0 Å². The first kappa shape index (κ1) is 44.8. The molecule has 280 valence electrons. The third kappa shape index (κ3) is 33.3. The van der Waals surface area contributed by atoms with E-state index in [9.17, 15) is 0 Å². The third-order valence-electron chi connectivity index (χ3n) is 9.42. The van der Waals surface area contributed by atoms with Crippen LogP contribution < -0.4 is 0 Å². The number of nitrogens with zero attached hydrogens (tertiary/aromatic N) is 2. The van der Waals surface area contributed by atoms with Crippen LogP contribution in [0.25, 0.3) is 0 Å². The summed E-state index contributed by atoms with van der Waals surface area (Å²) in [4.78, 5) is 14.9. The predicted molar refractivity (Wildman–Crippen MR) is 212 cm³/mol. The number of allylic oxidation sites excluding steroid dienone is 8. The Morgan fingerprint density at radius 3 is 1.27 bits per heavy atom. The van der Waals surface area contributed by atoms with Crippen molar-refractivity contribution >= 4 is 0 Å². The minimum absolute atomic E-state index is 0.780. The summed E-state index contributed by atoms with van der Waals surface area (Å²) < 4.78 is 0. The molecule has 0 N–H and O–H groups in total. The van der Waals surface area contributed by atoms with E-state index in [-0.39, 0.29) is 0 Å². The molecule has 0 bridgehead atoms. The summed E-state index contributed by atoms with van der Waals surface area (Å²) in [5, 5.41) is 1.84. The normalized spacial score (nSPS) is 14.7. The summed E-state index contributed by atoms with van der Waals surface area (Å²) in [6, 6.07) is 0. The second kappa shape index (κ2) is 38.6. The van der Waals surface area contributed by atoms with Gasteiger partial charge in [-0.15, -0.1) is 0 Å². The van der Waals surface area contributed by atoms with Crippen molar-refractivity contribution in [3.8, 4) is 0 Å². The summed E-state index contributed by atoms with van der Waals surface area (Å²) in [5.74, 6) is 0. The van der Waals surface area contributed by atoms with Crippen molar-refractivity contribution in [1.82, 2.24) is 10.1 Å². The molecule has 0 spiro atoms. The van der Waals surface area contributed by atoms with Crippen molar-refractivity contribution in [2.75, 3.05) is 39.4 Å². The summed E-state index contributed by atoms with van der Waals surface area (Å²) in [5.41, 5.74) is 0. The van der Waals surface area contributed by atoms with Gasteiger partial charge in [-0.05, 0) is 116 Å². The molecule has 0 aliphatic carbocycles. The largest absolute Gasteiger partial charge is 0.303 e. The average molecular weight is 671 g/mol. The fourth-order valence-corrected chi connectivity index (χ4v) is 6.29. The molecule has 4 nitrogen and oxygen atoms in total. The quantitative estimate of drug-likeness (QED) is 0.0376. The minimum atomic E-state index is 0.780. The molecular formula is C44H82N2O2. The van der Waals surface area contributed by atoms with E-state index in [4.69, 9.17) is 9.68 Å². The zero-order valence-electron chi connectivity index (χ0n) is 32.4. The molecule has 1 fully saturated rings. The maximum absolute atomic E-state index is 6.15. The monoisotopic (exact) mass is 671 g/mol. The maximum Gasteiger partial charge on any atom is 0.0711 e. The molecule has 0 saturated carbocycles. The van der Waals surface area contributed by atoms with Gasteiger partial charge in [-0.25, -0.2) is 0 Å². The lowest BCUT2D eigenvalue weighted by molar-refractivity contribution is -0.369. The first-order valence-electron chi connectivity index (χ1n) is 21.2. The molecular weight excluding hydrogens is 588 g/mol. The molecule has 48 heavy (non-hydrogen) atoms. The molecule has 1 rings (SSSR count). The Bertz CT molecular complexity index is 690. The van der Waals surface area contributed by atoms with Crippen molar-refractivity contribution in [2.24, 2.45) is 0 Å². The van der Waals surface area contributed by atoms with Gasteiger partial charge in [0.2, 0.25) is 0 Å². The van der Waals surface area contributed by atoms with Gasteiger partial charge in [-0.3, -0.25) is 9.68 Å². The van der Waals surface area contributed by atoms with Crippen LogP contribution in [0.15, 0.2) is 48.6 Å². The first-order chi connectivity index (χ1) is 23.9. The van der Waals surface area contributed by atoms with E-state index in [1.807, 2.05) is 5.23 Å². The number of likely N-dealkylation sites (tertiary alicyclic amines) is 1. The van der Waals surface area contributed by atoms with E-state index < -0.39 is 0 Å². The van der Waals surface area contributed by atoms with Crippen LogP contribution in [0.1, 0.15) is 194 Å². The molecule has 4 heteroatoms. The molecule has 1 heterocycles. The van der Waals surface area contributed by atoms with Crippen LogP contribution in [0, 0.1) is 0 Å². The highest BCUT2D eigenvalue weighted by atomic mass is 16.9. The van der Waals surface area contributed by atoms with Crippen molar-refractivity contribution < 1.29 is 9.68 Å². The second-order valence-corrected chi connectivity index (χ2v) is 14.1. The van der Waals surface area contributed by atoms with Crippen molar-refractivity contribution in [3.63, 3.8) is 0 Å². The van der Waals surface area contributed by atoms with Crippen molar-refractivity contribution in [2.45, 2.75) is 194 Å². The molecule has 0 unspecified atom stereocenters. The fraction of sp³-hybridized carbons (Fsp3) is 0.818. The SMILES string of the molecule is CCCCC/C=C\C/C=C\CCCCCCCCON(CCCN1CCCCC1)OCCCCCCCC/C=C\C/C=C\CCCCC. The lowest BCUT2D eigenvalue weighted by Gasteiger charge is -2.27. The topological polar surface area (TPSA) is 24.9 Å². The molecule has 0 atom stereocenters. The highest BCUT2D eigenvalue weighted by molar-refractivity contribution is 4.93. The van der Waals surface area contributed by atoms with Gasteiger partial charge in [0.25, 0.3) is 0 Å². The van der Waals surface area contributed by atoms with E-state index in [1.54, 1.807) is 0 Å². The first-order valence-corrected chi connectivity index (χ1v) is 21.2. The van der Waals surface area contributed by atoms with Gasteiger partial charge in [0.1, 0.15) is 0 Å². The van der Waals surface area contributed by atoms with Gasteiger partial charge in [0.05, 0.1) is 19.8 Å². The Hall–Kier alpha value is -1.20. The lowest BCUT2D eigenvalue weighted by Crippen LogP contribution is -2.34. The average Bonchev–Trinajstić information content (AvgIpc) is 3.11. The zero-order chi connectivity index (χ0) is 34.3. The zero-order valence-corrected chi connectivity index (χ0v) is 32.4. The van der Waals surface area contributed by atoms with Crippen LogP contribution in [-0.4, -0.2) is 49.5 Å². The number of hydroxylamine groups is 2. The van der Waals surface area contributed by atoms with Gasteiger partial charge >= 0.3 is 0 Å². The Kier molecular flexibility index (Phi) is 36.0. The smallest absolute Gasteiger partial charge is 0.0711 e. The number of hydrogen-bond acceptors (Lipinski definition) is 4. The standard InChI is InChI=1S/C44H82N2O2/c1-3-5-7-9-11-13-15-17-19-21-23-25-27-29-31-36-43-47-46(42-38-41-45-39-34-33-35-40-45)48-44-37-32-30-28-26-24-22-20-18-16-14-12-10-8-6-4-2/h11-14,17-20H,3-10,15-16,21-44H2,1-2H3/b13-11-,14-12-,19-17-,20-18-. The number of hydrogen-bond donors (Lipinski definition) is 0. The summed E-state index contributed by atoms with van der Waals surface area (Å²) in [7, 11) is 0. The third-order valence-corrected chi connectivity index (χ3v) is 9.42. The van der Waals surface area contributed by atoms with Crippen LogP contribution in [0.3, 0.4) is 0 Å². The summed E-state index contributed by atoms with van der Waals surface area (Å²) >= 11 is 0. The van der Waals surface area contributed by atoms with Crippen LogP contribution >= 0.6 is 0 Å². The molecule has 0 aromatic rings. The molecule has 0 amide bonds. The number of piperidine rings is 1. The molecule has 0 aromatic heterocycles. The van der Waals surface area contributed by atoms with E-state index in [1.165, 1.54) is 167 Å². The minimum Gasteiger partial charge on any atom is -0.303 e. The summed E-state index contributed by atoms with van der Waals surface area (Å²) in [6.45, 7) is 10.7.